The van der Waals surface area contributed by atoms with Crippen molar-refractivity contribution in [3.8, 4) is 5.75 Å². The van der Waals surface area contributed by atoms with Crippen molar-refractivity contribution in [1.82, 2.24) is 5.32 Å². The lowest BCUT2D eigenvalue weighted by molar-refractivity contribution is 0.171. The van der Waals surface area contributed by atoms with Crippen molar-refractivity contribution >= 4 is 0 Å². The molecule has 0 fully saturated rings. The van der Waals surface area contributed by atoms with Gasteiger partial charge in [-0.3, -0.25) is 0 Å². The number of nitrogens with one attached hydrogen (secondary N) is 1. The van der Waals surface area contributed by atoms with Gasteiger partial charge in [-0.1, -0.05) is 19.1 Å². The number of hydrogen-bond acceptors (Lipinski definition) is 3. The van der Waals surface area contributed by atoms with Gasteiger partial charge in [-0.05, 0) is 43.5 Å². The van der Waals surface area contributed by atoms with Gasteiger partial charge in [0.15, 0.2) is 0 Å². The summed E-state index contributed by atoms with van der Waals surface area (Å²) >= 11 is 0. The molecule has 0 spiro atoms. The molecule has 0 amide bonds. The Hall–Kier alpha value is -1.06. The van der Waals surface area contributed by atoms with E-state index < -0.39 is 0 Å². The van der Waals surface area contributed by atoms with Gasteiger partial charge in [-0.15, -0.1) is 0 Å². The molecule has 3 heteroatoms. The average Bonchev–Trinajstić information content (AvgIpc) is 2.37. The molecule has 0 saturated heterocycles. The van der Waals surface area contributed by atoms with Crippen LogP contribution in [0.2, 0.25) is 0 Å². The minimum atomic E-state index is 0.711. The van der Waals surface area contributed by atoms with Crippen molar-refractivity contribution in [3.63, 3.8) is 0 Å². The Balaban J connectivity index is 2.58. The average molecular weight is 265 g/mol. The molecule has 0 unspecified atom stereocenters. The summed E-state index contributed by atoms with van der Waals surface area (Å²) in [6.07, 6.45) is 2.09. The van der Waals surface area contributed by atoms with Gasteiger partial charge in [0.2, 0.25) is 0 Å². The predicted octanol–water partition coefficient (Wildman–Crippen LogP) is 3.22. The van der Waals surface area contributed by atoms with E-state index in [9.17, 15) is 0 Å². The second kappa shape index (κ2) is 8.94. The number of ether oxygens (including phenoxy) is 2. The SMILES string of the molecule is CCCNCc1cc(C)c(OCCCOC)c(C)c1. The summed E-state index contributed by atoms with van der Waals surface area (Å²) in [5.74, 6) is 1.02. The van der Waals surface area contributed by atoms with E-state index in [1.807, 2.05) is 0 Å². The molecule has 0 bridgehead atoms. The number of aryl methyl sites for hydroxylation is 2. The van der Waals surface area contributed by atoms with Crippen LogP contribution in [-0.2, 0) is 11.3 Å². The number of benzene rings is 1. The van der Waals surface area contributed by atoms with Crippen LogP contribution in [0.3, 0.4) is 0 Å². The number of hydrogen-bond donors (Lipinski definition) is 1. The third-order valence-electron chi connectivity index (χ3n) is 3.02. The van der Waals surface area contributed by atoms with Gasteiger partial charge in [-0.25, -0.2) is 0 Å². The van der Waals surface area contributed by atoms with E-state index in [4.69, 9.17) is 9.47 Å². The van der Waals surface area contributed by atoms with Gasteiger partial charge in [0, 0.05) is 26.7 Å². The molecule has 0 radical (unpaired) electrons. The Morgan fingerprint density at radius 3 is 2.37 bits per heavy atom. The fraction of sp³-hybridized carbons (Fsp3) is 0.625. The summed E-state index contributed by atoms with van der Waals surface area (Å²) in [5.41, 5.74) is 3.75. The van der Waals surface area contributed by atoms with Gasteiger partial charge >= 0.3 is 0 Å². The van der Waals surface area contributed by atoms with Crippen molar-refractivity contribution in [2.24, 2.45) is 0 Å². The first-order valence-electron chi connectivity index (χ1n) is 7.11. The highest BCUT2D eigenvalue weighted by Crippen LogP contribution is 2.25. The van der Waals surface area contributed by atoms with Crippen molar-refractivity contribution in [1.29, 1.82) is 0 Å². The molecular formula is C16H27NO2. The van der Waals surface area contributed by atoms with E-state index in [1.165, 1.54) is 23.1 Å². The van der Waals surface area contributed by atoms with Gasteiger partial charge in [0.05, 0.1) is 6.61 Å². The Morgan fingerprint density at radius 1 is 1.11 bits per heavy atom. The molecular weight excluding hydrogens is 238 g/mol. The second-order valence-corrected chi connectivity index (χ2v) is 4.93. The predicted molar refractivity (Wildman–Crippen MR) is 79.9 cm³/mol. The lowest BCUT2D eigenvalue weighted by atomic mass is 10.1. The number of methoxy groups -OCH3 is 1. The largest absolute Gasteiger partial charge is 0.493 e. The van der Waals surface area contributed by atoms with E-state index in [0.717, 1.165) is 31.9 Å². The quantitative estimate of drug-likeness (QED) is 0.695. The molecule has 0 aliphatic heterocycles. The lowest BCUT2D eigenvalue weighted by Crippen LogP contribution is -2.14. The van der Waals surface area contributed by atoms with Crippen LogP contribution in [0.1, 0.15) is 36.5 Å². The van der Waals surface area contributed by atoms with Crippen LogP contribution >= 0.6 is 0 Å². The second-order valence-electron chi connectivity index (χ2n) is 4.93. The van der Waals surface area contributed by atoms with Crippen LogP contribution in [0.5, 0.6) is 5.75 Å². The highest BCUT2D eigenvalue weighted by Gasteiger charge is 2.06. The third kappa shape index (κ3) is 5.62. The molecule has 3 nitrogen and oxygen atoms in total. The molecule has 0 atom stereocenters. The Labute approximate surface area is 117 Å². The smallest absolute Gasteiger partial charge is 0.125 e. The Bertz CT molecular complexity index is 354. The monoisotopic (exact) mass is 265 g/mol. The molecule has 19 heavy (non-hydrogen) atoms. The summed E-state index contributed by atoms with van der Waals surface area (Å²) in [6.45, 7) is 9.86. The fourth-order valence-corrected chi connectivity index (χ4v) is 2.16. The standard InChI is InChI=1S/C16H27NO2/c1-5-7-17-12-15-10-13(2)16(14(3)11-15)19-9-6-8-18-4/h10-11,17H,5-9,12H2,1-4H3. The molecule has 1 aromatic carbocycles. The highest BCUT2D eigenvalue weighted by atomic mass is 16.5. The molecule has 0 aliphatic carbocycles. The summed E-state index contributed by atoms with van der Waals surface area (Å²) in [7, 11) is 1.72. The van der Waals surface area contributed by atoms with Crippen LogP contribution in [-0.4, -0.2) is 26.9 Å². The van der Waals surface area contributed by atoms with Gasteiger partial charge in [0.1, 0.15) is 5.75 Å². The van der Waals surface area contributed by atoms with E-state index in [0.29, 0.717) is 6.61 Å². The highest BCUT2D eigenvalue weighted by molar-refractivity contribution is 5.43. The maximum Gasteiger partial charge on any atom is 0.125 e. The molecule has 0 aliphatic rings. The zero-order chi connectivity index (χ0) is 14.1. The Morgan fingerprint density at radius 2 is 1.79 bits per heavy atom. The number of rotatable bonds is 9. The molecule has 0 aromatic heterocycles. The molecule has 108 valence electrons. The summed E-state index contributed by atoms with van der Waals surface area (Å²) in [4.78, 5) is 0. The van der Waals surface area contributed by atoms with Gasteiger partial charge in [0.25, 0.3) is 0 Å². The van der Waals surface area contributed by atoms with Crippen molar-refractivity contribution in [2.75, 3.05) is 26.9 Å². The summed E-state index contributed by atoms with van der Waals surface area (Å²) < 4.78 is 10.9. The molecule has 1 N–H and O–H groups in total. The maximum absolute atomic E-state index is 5.85. The molecule has 1 rings (SSSR count). The Kier molecular flexibility index (Phi) is 7.53. The fourth-order valence-electron chi connectivity index (χ4n) is 2.16. The van der Waals surface area contributed by atoms with Gasteiger partial charge in [-0.2, -0.15) is 0 Å². The summed E-state index contributed by atoms with van der Waals surface area (Å²) in [6, 6.07) is 4.42. The molecule has 0 heterocycles. The summed E-state index contributed by atoms with van der Waals surface area (Å²) in [5, 5.41) is 3.43. The molecule has 1 aromatic rings. The van der Waals surface area contributed by atoms with Gasteiger partial charge < -0.3 is 14.8 Å². The lowest BCUT2D eigenvalue weighted by Gasteiger charge is -2.14. The van der Waals surface area contributed by atoms with Crippen LogP contribution in [0.4, 0.5) is 0 Å². The normalized spacial score (nSPS) is 10.7. The first-order chi connectivity index (χ1) is 9.19. The van der Waals surface area contributed by atoms with Crippen molar-refractivity contribution in [3.05, 3.63) is 28.8 Å². The van der Waals surface area contributed by atoms with E-state index in [1.54, 1.807) is 7.11 Å². The van der Waals surface area contributed by atoms with Crippen LogP contribution in [0.25, 0.3) is 0 Å². The van der Waals surface area contributed by atoms with Crippen LogP contribution in [0.15, 0.2) is 12.1 Å². The van der Waals surface area contributed by atoms with Crippen LogP contribution < -0.4 is 10.1 Å². The molecule has 0 saturated carbocycles. The van der Waals surface area contributed by atoms with E-state index in [-0.39, 0.29) is 0 Å². The first-order valence-corrected chi connectivity index (χ1v) is 7.11. The topological polar surface area (TPSA) is 30.5 Å². The minimum absolute atomic E-state index is 0.711. The van der Waals surface area contributed by atoms with Crippen molar-refractivity contribution in [2.45, 2.75) is 40.2 Å². The zero-order valence-corrected chi connectivity index (χ0v) is 12.7. The van der Waals surface area contributed by atoms with E-state index >= 15 is 0 Å². The van der Waals surface area contributed by atoms with Crippen molar-refractivity contribution < 1.29 is 9.47 Å². The third-order valence-corrected chi connectivity index (χ3v) is 3.02. The minimum Gasteiger partial charge on any atom is -0.493 e. The van der Waals surface area contributed by atoms with Crippen LogP contribution in [0, 0.1) is 13.8 Å². The first kappa shape index (κ1) is 16.0. The maximum atomic E-state index is 5.85. The van der Waals surface area contributed by atoms with E-state index in [2.05, 4.69) is 38.2 Å². The zero-order valence-electron chi connectivity index (χ0n) is 12.7.